The molecule has 3 amide bonds. The van der Waals surface area contributed by atoms with E-state index in [4.69, 9.17) is 0 Å². The molecule has 2 aromatic rings. The fourth-order valence-electron chi connectivity index (χ4n) is 3.29. The number of likely N-dealkylation sites (tertiary alicyclic amines) is 1. The molecular weight excluding hydrogens is 364 g/mol. The fraction of sp³-hybridized carbons (Fsp3) is 0.333. The van der Waals surface area contributed by atoms with Crippen LogP contribution in [0, 0.1) is 11.6 Å². The molecule has 0 spiro atoms. The minimum Gasteiger partial charge on any atom is -0.349 e. The molecule has 1 fully saturated rings. The van der Waals surface area contributed by atoms with Gasteiger partial charge in [-0.05, 0) is 38.0 Å². The van der Waals surface area contributed by atoms with Crippen LogP contribution in [0.3, 0.4) is 0 Å². The number of carbonyl (C=O) groups excluding carboxylic acids is 2. The molecule has 1 atom stereocenters. The second-order valence-corrected chi connectivity index (χ2v) is 6.94. The lowest BCUT2D eigenvalue weighted by Crippen LogP contribution is -2.49. The lowest BCUT2D eigenvalue weighted by Gasteiger charge is -2.33. The number of rotatable bonds is 4. The maximum absolute atomic E-state index is 13.9. The van der Waals surface area contributed by atoms with E-state index in [1.165, 1.54) is 12.1 Å². The summed E-state index contributed by atoms with van der Waals surface area (Å²) in [5.74, 6) is -1.46. The highest BCUT2D eigenvalue weighted by Gasteiger charge is 2.25. The van der Waals surface area contributed by atoms with Gasteiger partial charge >= 0.3 is 6.03 Å². The van der Waals surface area contributed by atoms with Crippen molar-refractivity contribution < 1.29 is 18.4 Å². The van der Waals surface area contributed by atoms with Crippen molar-refractivity contribution in [2.75, 3.05) is 13.1 Å². The van der Waals surface area contributed by atoms with Crippen molar-refractivity contribution in [2.24, 2.45) is 0 Å². The monoisotopic (exact) mass is 387 g/mol. The average molecular weight is 387 g/mol. The van der Waals surface area contributed by atoms with Gasteiger partial charge in [-0.3, -0.25) is 4.79 Å². The minimum absolute atomic E-state index is 0.00345. The highest BCUT2D eigenvalue weighted by Crippen LogP contribution is 2.19. The van der Waals surface area contributed by atoms with E-state index in [2.05, 4.69) is 10.6 Å². The van der Waals surface area contributed by atoms with Crippen molar-refractivity contribution >= 4 is 11.9 Å². The summed E-state index contributed by atoms with van der Waals surface area (Å²) in [5, 5.41) is 5.74. The normalized spacial score (nSPS) is 15.8. The van der Waals surface area contributed by atoms with Gasteiger partial charge in [0.25, 0.3) is 5.91 Å². The Morgan fingerprint density at radius 2 is 1.75 bits per heavy atom. The molecule has 0 bridgehead atoms. The molecular formula is C21H23F2N3O2. The van der Waals surface area contributed by atoms with E-state index in [1.54, 1.807) is 24.0 Å². The molecule has 3 rings (SSSR count). The number of urea groups is 1. The molecule has 0 unspecified atom stereocenters. The summed E-state index contributed by atoms with van der Waals surface area (Å²) < 4.78 is 26.9. The van der Waals surface area contributed by atoms with E-state index in [0.717, 1.165) is 6.07 Å². The van der Waals surface area contributed by atoms with Crippen LogP contribution in [0.1, 0.15) is 41.7 Å². The van der Waals surface area contributed by atoms with Gasteiger partial charge in [0.1, 0.15) is 11.6 Å². The molecule has 0 aliphatic carbocycles. The molecule has 1 saturated heterocycles. The average Bonchev–Trinajstić information content (AvgIpc) is 2.69. The van der Waals surface area contributed by atoms with E-state index in [1.807, 2.05) is 18.2 Å². The van der Waals surface area contributed by atoms with Crippen LogP contribution >= 0.6 is 0 Å². The van der Waals surface area contributed by atoms with Crippen LogP contribution in [-0.2, 0) is 0 Å². The molecule has 148 valence electrons. The predicted molar refractivity (Wildman–Crippen MR) is 102 cm³/mol. The van der Waals surface area contributed by atoms with Crippen LogP contribution in [0.2, 0.25) is 0 Å². The van der Waals surface area contributed by atoms with Gasteiger partial charge in [-0.1, -0.05) is 24.3 Å². The summed E-state index contributed by atoms with van der Waals surface area (Å²) in [6.07, 6.45) is 1.29. The van der Waals surface area contributed by atoms with Crippen molar-refractivity contribution in [3.63, 3.8) is 0 Å². The van der Waals surface area contributed by atoms with Crippen LogP contribution in [0.5, 0.6) is 0 Å². The number of benzene rings is 2. The molecule has 1 aliphatic rings. The Balaban J connectivity index is 1.49. The van der Waals surface area contributed by atoms with Crippen molar-refractivity contribution in [1.29, 1.82) is 0 Å². The number of hydrogen-bond acceptors (Lipinski definition) is 2. The van der Waals surface area contributed by atoms with Gasteiger partial charge in [0.05, 0.1) is 6.04 Å². The summed E-state index contributed by atoms with van der Waals surface area (Å²) in [7, 11) is 0. The number of halogens is 2. The second kappa shape index (κ2) is 8.82. The lowest BCUT2D eigenvalue weighted by atomic mass is 10.0. The zero-order chi connectivity index (χ0) is 20.1. The zero-order valence-corrected chi connectivity index (χ0v) is 15.6. The number of piperidine rings is 1. The Kier molecular flexibility index (Phi) is 6.23. The Morgan fingerprint density at radius 1 is 1.07 bits per heavy atom. The van der Waals surface area contributed by atoms with Gasteiger partial charge < -0.3 is 15.5 Å². The fourth-order valence-corrected chi connectivity index (χ4v) is 3.29. The van der Waals surface area contributed by atoms with Gasteiger partial charge in [-0.25, -0.2) is 13.6 Å². The highest BCUT2D eigenvalue weighted by atomic mass is 19.1. The standard InChI is InChI=1S/C21H23F2N3O2/c1-14(18-8-7-16(22)13-19(18)23)24-21(28)26-11-9-17(10-12-26)25-20(27)15-5-3-2-4-6-15/h2-8,13-14,17H,9-12H2,1H3,(H,24,28)(H,25,27)/t14-/m0/s1. The SMILES string of the molecule is C[C@H](NC(=O)N1CCC(NC(=O)c2ccccc2)CC1)c1ccc(F)cc1F. The summed E-state index contributed by atoms with van der Waals surface area (Å²) in [6, 6.07) is 11.4. The minimum atomic E-state index is -0.685. The molecule has 0 aromatic heterocycles. The summed E-state index contributed by atoms with van der Waals surface area (Å²) >= 11 is 0. The van der Waals surface area contributed by atoms with Gasteiger partial charge in [0.2, 0.25) is 0 Å². The Hall–Kier alpha value is -2.96. The first-order valence-electron chi connectivity index (χ1n) is 9.30. The summed E-state index contributed by atoms with van der Waals surface area (Å²) in [6.45, 7) is 2.63. The number of carbonyl (C=O) groups is 2. The van der Waals surface area contributed by atoms with Crippen molar-refractivity contribution in [3.8, 4) is 0 Å². The molecule has 7 heteroatoms. The predicted octanol–water partition coefficient (Wildman–Crippen LogP) is 3.63. The first-order chi connectivity index (χ1) is 13.4. The van der Waals surface area contributed by atoms with E-state index >= 15 is 0 Å². The summed E-state index contributed by atoms with van der Waals surface area (Å²) in [5.41, 5.74) is 0.845. The van der Waals surface area contributed by atoms with Gasteiger partial charge in [0.15, 0.2) is 0 Å². The number of nitrogens with zero attached hydrogens (tertiary/aromatic N) is 1. The van der Waals surface area contributed by atoms with Crippen LogP contribution in [0.4, 0.5) is 13.6 Å². The van der Waals surface area contributed by atoms with Crippen LogP contribution in [-0.4, -0.2) is 36.0 Å². The van der Waals surface area contributed by atoms with E-state index in [-0.39, 0.29) is 23.5 Å². The molecule has 2 N–H and O–H groups in total. The van der Waals surface area contributed by atoms with Crippen LogP contribution in [0.25, 0.3) is 0 Å². The van der Waals surface area contributed by atoms with E-state index in [9.17, 15) is 18.4 Å². The first-order valence-corrected chi connectivity index (χ1v) is 9.30. The third kappa shape index (κ3) is 4.85. The maximum Gasteiger partial charge on any atom is 0.317 e. The van der Waals surface area contributed by atoms with Crippen molar-refractivity contribution in [3.05, 3.63) is 71.3 Å². The molecule has 1 heterocycles. The van der Waals surface area contributed by atoms with Crippen molar-refractivity contribution in [2.45, 2.75) is 31.8 Å². The van der Waals surface area contributed by atoms with E-state index < -0.39 is 17.7 Å². The third-order valence-corrected chi connectivity index (χ3v) is 4.92. The van der Waals surface area contributed by atoms with Crippen LogP contribution < -0.4 is 10.6 Å². The first kappa shape index (κ1) is 19.8. The summed E-state index contributed by atoms with van der Waals surface area (Å²) in [4.78, 5) is 26.3. The van der Waals surface area contributed by atoms with Crippen LogP contribution in [0.15, 0.2) is 48.5 Å². The van der Waals surface area contributed by atoms with Gasteiger partial charge in [0, 0.05) is 36.3 Å². The zero-order valence-electron chi connectivity index (χ0n) is 15.6. The molecule has 5 nitrogen and oxygen atoms in total. The quantitative estimate of drug-likeness (QED) is 0.842. The Labute approximate surface area is 162 Å². The number of hydrogen-bond donors (Lipinski definition) is 2. The molecule has 0 radical (unpaired) electrons. The topological polar surface area (TPSA) is 61.4 Å². The third-order valence-electron chi connectivity index (χ3n) is 4.92. The number of nitrogens with one attached hydrogen (secondary N) is 2. The van der Waals surface area contributed by atoms with Gasteiger partial charge in [-0.2, -0.15) is 0 Å². The molecule has 2 aromatic carbocycles. The molecule has 0 saturated carbocycles. The second-order valence-electron chi connectivity index (χ2n) is 6.94. The smallest absolute Gasteiger partial charge is 0.317 e. The largest absolute Gasteiger partial charge is 0.349 e. The maximum atomic E-state index is 13.9. The molecule has 28 heavy (non-hydrogen) atoms. The molecule has 1 aliphatic heterocycles. The Bertz CT molecular complexity index is 837. The van der Waals surface area contributed by atoms with Crippen molar-refractivity contribution in [1.82, 2.24) is 15.5 Å². The number of amides is 3. The van der Waals surface area contributed by atoms with E-state index in [0.29, 0.717) is 31.5 Å². The Morgan fingerprint density at radius 3 is 2.39 bits per heavy atom. The van der Waals surface area contributed by atoms with Gasteiger partial charge in [-0.15, -0.1) is 0 Å². The lowest BCUT2D eigenvalue weighted by molar-refractivity contribution is 0.0917. The highest BCUT2D eigenvalue weighted by molar-refractivity contribution is 5.94.